The van der Waals surface area contributed by atoms with Crippen LogP contribution in [0.25, 0.3) is 0 Å². The van der Waals surface area contributed by atoms with Crippen LogP contribution in [-0.2, 0) is 11.2 Å². The number of hydrogen-bond acceptors (Lipinski definition) is 2. The molecule has 0 heterocycles. The molecule has 0 aromatic heterocycles. The molecule has 3 nitrogen and oxygen atoms in total. The van der Waals surface area contributed by atoms with Gasteiger partial charge in [0.05, 0.1) is 6.04 Å². The summed E-state index contributed by atoms with van der Waals surface area (Å²) in [5, 5.41) is 12.8. The Morgan fingerprint density at radius 1 is 1.25 bits per heavy atom. The third-order valence-electron chi connectivity index (χ3n) is 4.56. The normalized spacial score (nSPS) is 25.4. The molecule has 0 aliphatic heterocycles. The highest BCUT2D eigenvalue weighted by Crippen LogP contribution is 2.34. The van der Waals surface area contributed by atoms with E-state index >= 15 is 0 Å². The molecule has 0 saturated heterocycles. The van der Waals surface area contributed by atoms with Gasteiger partial charge in [-0.05, 0) is 36.8 Å². The van der Waals surface area contributed by atoms with Crippen LogP contribution in [0.15, 0.2) is 36.4 Å². The second-order valence-electron chi connectivity index (χ2n) is 5.81. The van der Waals surface area contributed by atoms with E-state index in [4.69, 9.17) is 0 Å². The van der Waals surface area contributed by atoms with Crippen molar-refractivity contribution in [2.45, 2.75) is 31.7 Å². The highest BCUT2D eigenvalue weighted by atomic mass is 16.3. The third-order valence-corrected chi connectivity index (χ3v) is 4.56. The minimum atomic E-state index is -0.0435. The molecular weight excluding hydrogens is 250 g/mol. The van der Waals surface area contributed by atoms with Crippen LogP contribution in [-0.4, -0.2) is 17.6 Å². The summed E-state index contributed by atoms with van der Waals surface area (Å²) in [5.74, 6) is 0.321. The SMILES string of the molecule is O=C(N[C@@H]1c2ccccc2CC[C@H]1CO)C1CC=CC1. The average Bonchev–Trinajstić information content (AvgIpc) is 3.02. The van der Waals surface area contributed by atoms with Crippen LogP contribution in [0.5, 0.6) is 0 Å². The van der Waals surface area contributed by atoms with E-state index < -0.39 is 0 Å². The predicted molar refractivity (Wildman–Crippen MR) is 78.1 cm³/mol. The van der Waals surface area contributed by atoms with Gasteiger partial charge in [0.1, 0.15) is 0 Å². The molecule has 0 saturated carbocycles. The molecule has 2 N–H and O–H groups in total. The Morgan fingerprint density at radius 2 is 2.00 bits per heavy atom. The minimum Gasteiger partial charge on any atom is -0.396 e. The largest absolute Gasteiger partial charge is 0.396 e. The smallest absolute Gasteiger partial charge is 0.224 e. The number of hydrogen-bond donors (Lipinski definition) is 2. The molecule has 0 spiro atoms. The number of benzene rings is 1. The summed E-state index contributed by atoms with van der Waals surface area (Å²) < 4.78 is 0. The van der Waals surface area contributed by atoms with Crippen LogP contribution in [0.4, 0.5) is 0 Å². The molecular formula is C17H21NO2. The molecule has 0 bridgehead atoms. The zero-order valence-corrected chi connectivity index (χ0v) is 11.6. The highest BCUT2D eigenvalue weighted by molar-refractivity contribution is 5.80. The molecule has 0 unspecified atom stereocenters. The van der Waals surface area contributed by atoms with Gasteiger partial charge in [0, 0.05) is 18.4 Å². The second-order valence-corrected chi connectivity index (χ2v) is 5.81. The van der Waals surface area contributed by atoms with E-state index in [2.05, 4.69) is 29.6 Å². The van der Waals surface area contributed by atoms with E-state index in [1.54, 1.807) is 0 Å². The molecule has 0 radical (unpaired) electrons. The van der Waals surface area contributed by atoms with Crippen molar-refractivity contribution in [1.82, 2.24) is 5.32 Å². The van der Waals surface area contributed by atoms with Crippen LogP contribution in [0.1, 0.15) is 36.4 Å². The van der Waals surface area contributed by atoms with Gasteiger partial charge in [0.25, 0.3) is 0 Å². The maximum absolute atomic E-state index is 12.4. The monoisotopic (exact) mass is 271 g/mol. The molecule has 20 heavy (non-hydrogen) atoms. The van der Waals surface area contributed by atoms with Crippen molar-refractivity contribution in [2.24, 2.45) is 11.8 Å². The summed E-state index contributed by atoms with van der Waals surface area (Å²) in [7, 11) is 0. The Hall–Kier alpha value is -1.61. The Labute approximate surface area is 119 Å². The van der Waals surface area contributed by atoms with Gasteiger partial charge in [-0.25, -0.2) is 0 Å². The van der Waals surface area contributed by atoms with E-state index in [0.29, 0.717) is 0 Å². The van der Waals surface area contributed by atoms with Crippen LogP contribution in [0.3, 0.4) is 0 Å². The van der Waals surface area contributed by atoms with Gasteiger partial charge < -0.3 is 10.4 Å². The number of nitrogens with one attached hydrogen (secondary N) is 1. The zero-order valence-electron chi connectivity index (χ0n) is 11.6. The first kappa shape index (κ1) is 13.4. The van der Waals surface area contributed by atoms with Crippen LogP contribution < -0.4 is 5.32 Å². The number of aliphatic hydroxyl groups excluding tert-OH is 1. The molecule has 0 fully saturated rings. The fourth-order valence-electron chi connectivity index (χ4n) is 3.32. The standard InChI is InChI=1S/C17H21NO2/c19-11-14-10-9-12-5-3-4-8-15(12)16(14)18-17(20)13-6-1-2-7-13/h1-5,8,13-14,16,19H,6-7,9-11H2,(H,18,20)/t14-,16-/m0/s1. The van der Waals surface area contributed by atoms with Gasteiger partial charge in [-0.2, -0.15) is 0 Å². The molecule has 3 heteroatoms. The first-order valence-corrected chi connectivity index (χ1v) is 7.43. The Balaban J connectivity index is 1.80. The van der Waals surface area contributed by atoms with Crippen molar-refractivity contribution < 1.29 is 9.90 Å². The average molecular weight is 271 g/mol. The van der Waals surface area contributed by atoms with Gasteiger partial charge >= 0.3 is 0 Å². The van der Waals surface area contributed by atoms with Crippen molar-refractivity contribution in [3.8, 4) is 0 Å². The van der Waals surface area contributed by atoms with Gasteiger partial charge in [-0.1, -0.05) is 36.4 Å². The lowest BCUT2D eigenvalue weighted by atomic mass is 9.80. The number of allylic oxidation sites excluding steroid dienone is 2. The molecule has 1 amide bonds. The summed E-state index contributed by atoms with van der Waals surface area (Å²) >= 11 is 0. The van der Waals surface area contributed by atoms with Gasteiger partial charge in [-0.15, -0.1) is 0 Å². The molecule has 1 aromatic carbocycles. The van der Waals surface area contributed by atoms with Crippen molar-refractivity contribution in [2.75, 3.05) is 6.61 Å². The lowest BCUT2D eigenvalue weighted by Gasteiger charge is -2.33. The van der Waals surface area contributed by atoms with Crippen LogP contribution >= 0.6 is 0 Å². The number of fused-ring (bicyclic) bond motifs is 1. The fourth-order valence-corrected chi connectivity index (χ4v) is 3.32. The highest BCUT2D eigenvalue weighted by Gasteiger charge is 2.31. The predicted octanol–water partition coefficient (Wildman–Crippen LogP) is 2.36. The first-order chi connectivity index (χ1) is 9.79. The van der Waals surface area contributed by atoms with Gasteiger partial charge in [-0.3, -0.25) is 4.79 Å². The summed E-state index contributed by atoms with van der Waals surface area (Å²) in [6, 6.07) is 8.21. The number of carbonyl (C=O) groups is 1. The maximum Gasteiger partial charge on any atom is 0.224 e. The van der Waals surface area contributed by atoms with Crippen molar-refractivity contribution in [3.63, 3.8) is 0 Å². The minimum absolute atomic E-state index is 0.0435. The number of aliphatic hydroxyl groups is 1. The lowest BCUT2D eigenvalue weighted by molar-refractivity contribution is -0.126. The number of aryl methyl sites for hydroxylation is 1. The lowest BCUT2D eigenvalue weighted by Crippen LogP contribution is -2.40. The molecule has 2 aliphatic rings. The summed E-state index contributed by atoms with van der Waals surface area (Å²) in [6.07, 6.45) is 7.74. The fraction of sp³-hybridized carbons (Fsp3) is 0.471. The van der Waals surface area contributed by atoms with E-state index in [-0.39, 0.29) is 30.4 Å². The van der Waals surface area contributed by atoms with Crippen molar-refractivity contribution >= 4 is 5.91 Å². The number of carbonyl (C=O) groups excluding carboxylic acids is 1. The van der Waals surface area contributed by atoms with E-state index in [1.165, 1.54) is 11.1 Å². The van der Waals surface area contributed by atoms with Gasteiger partial charge in [0.2, 0.25) is 5.91 Å². The summed E-state index contributed by atoms with van der Waals surface area (Å²) in [5.41, 5.74) is 2.48. The van der Waals surface area contributed by atoms with E-state index in [9.17, 15) is 9.90 Å². The Bertz CT molecular complexity index is 515. The Morgan fingerprint density at radius 3 is 2.75 bits per heavy atom. The summed E-state index contributed by atoms with van der Waals surface area (Å²) in [4.78, 5) is 12.4. The number of amides is 1. The van der Waals surface area contributed by atoms with Gasteiger partial charge in [0.15, 0.2) is 0 Å². The van der Waals surface area contributed by atoms with Crippen LogP contribution in [0.2, 0.25) is 0 Å². The van der Waals surface area contributed by atoms with Crippen molar-refractivity contribution in [3.05, 3.63) is 47.5 Å². The number of rotatable bonds is 3. The molecule has 106 valence electrons. The molecule has 1 aromatic rings. The van der Waals surface area contributed by atoms with Crippen LogP contribution in [0, 0.1) is 11.8 Å². The molecule has 2 atom stereocenters. The molecule has 3 rings (SSSR count). The van der Waals surface area contributed by atoms with E-state index in [0.717, 1.165) is 25.7 Å². The first-order valence-electron chi connectivity index (χ1n) is 7.43. The maximum atomic E-state index is 12.4. The quantitative estimate of drug-likeness (QED) is 0.829. The van der Waals surface area contributed by atoms with Crippen molar-refractivity contribution in [1.29, 1.82) is 0 Å². The Kier molecular flexibility index (Phi) is 3.88. The zero-order chi connectivity index (χ0) is 13.9. The second kappa shape index (κ2) is 5.80. The van der Waals surface area contributed by atoms with E-state index in [1.807, 2.05) is 12.1 Å². The molecule has 2 aliphatic carbocycles. The topological polar surface area (TPSA) is 49.3 Å². The third kappa shape index (κ3) is 2.50. The summed E-state index contributed by atoms with van der Waals surface area (Å²) in [6.45, 7) is 0.127.